The van der Waals surface area contributed by atoms with Gasteiger partial charge in [0.1, 0.15) is 5.82 Å². The minimum Gasteiger partial charge on any atom is -0.465 e. The predicted octanol–water partition coefficient (Wildman–Crippen LogP) is 7.15. The Morgan fingerprint density at radius 2 is 1.25 bits per heavy atom. The number of aromatic nitrogens is 2. The number of carbonyl (C=O) groups excluding carboxylic acids is 2. The van der Waals surface area contributed by atoms with E-state index in [0.717, 1.165) is 47.7 Å². The van der Waals surface area contributed by atoms with Gasteiger partial charge in [0.15, 0.2) is 5.41 Å². The zero-order valence-corrected chi connectivity index (χ0v) is 23.6. The number of nitrogens with zero attached hydrogens (tertiary/aromatic N) is 2. The predicted molar refractivity (Wildman–Crippen MR) is 158 cm³/mol. The maximum absolute atomic E-state index is 13.3. The van der Waals surface area contributed by atoms with Crippen molar-refractivity contribution in [3.05, 3.63) is 102 Å². The van der Waals surface area contributed by atoms with Gasteiger partial charge in [0.05, 0.1) is 24.6 Å². The Labute approximate surface area is 237 Å². The van der Waals surface area contributed by atoms with E-state index >= 15 is 0 Å². The standard InChI is InChI=1S/C34H38N2O4/c1-4-39-32(37)34(33(38)40-5-2,29-22-14-8-15-23-29)24-16-9-17-25-36-26(3)35-30(27-18-10-6-11-19-27)31(36)28-20-12-7-13-21-28/h6-8,10-15,18-23H,4-5,9,16-17,24-25H2,1-3H3. The largest absolute Gasteiger partial charge is 0.465 e. The van der Waals surface area contributed by atoms with Crippen molar-refractivity contribution in [1.82, 2.24) is 9.55 Å². The van der Waals surface area contributed by atoms with Gasteiger partial charge in [-0.05, 0) is 39.2 Å². The molecule has 6 nitrogen and oxygen atoms in total. The van der Waals surface area contributed by atoms with E-state index in [1.807, 2.05) is 61.5 Å². The van der Waals surface area contributed by atoms with Crippen LogP contribution in [0.3, 0.4) is 0 Å². The fraction of sp³-hybridized carbons (Fsp3) is 0.324. The highest BCUT2D eigenvalue weighted by Crippen LogP contribution is 2.35. The molecule has 0 N–H and O–H groups in total. The molecule has 0 aliphatic rings. The number of unbranched alkanes of at least 4 members (excludes halogenated alkanes) is 2. The molecule has 0 unspecified atom stereocenters. The second kappa shape index (κ2) is 13.7. The Bertz CT molecular complexity index is 1360. The molecule has 0 atom stereocenters. The average Bonchev–Trinajstić information content (AvgIpc) is 3.32. The average molecular weight is 539 g/mol. The number of imidazole rings is 1. The molecular formula is C34H38N2O4. The molecule has 3 aromatic carbocycles. The van der Waals surface area contributed by atoms with Crippen LogP contribution in [0.5, 0.6) is 0 Å². The summed E-state index contributed by atoms with van der Waals surface area (Å²) < 4.78 is 13.1. The third-order valence-corrected chi connectivity index (χ3v) is 7.20. The number of carbonyl (C=O) groups is 2. The van der Waals surface area contributed by atoms with Crippen LogP contribution in [0.4, 0.5) is 0 Å². The van der Waals surface area contributed by atoms with Crippen LogP contribution in [0.25, 0.3) is 22.5 Å². The van der Waals surface area contributed by atoms with Crippen LogP contribution in [-0.2, 0) is 31.0 Å². The minimum atomic E-state index is -1.48. The van der Waals surface area contributed by atoms with Gasteiger partial charge in [0.25, 0.3) is 0 Å². The summed E-state index contributed by atoms with van der Waals surface area (Å²) in [6, 6.07) is 29.7. The smallest absolute Gasteiger partial charge is 0.328 e. The summed E-state index contributed by atoms with van der Waals surface area (Å²) >= 11 is 0. The van der Waals surface area contributed by atoms with E-state index in [1.165, 1.54) is 0 Å². The second-order valence-corrected chi connectivity index (χ2v) is 9.76. The zero-order valence-electron chi connectivity index (χ0n) is 23.6. The molecule has 0 spiro atoms. The summed E-state index contributed by atoms with van der Waals surface area (Å²) in [5, 5.41) is 0. The summed E-state index contributed by atoms with van der Waals surface area (Å²) in [5.41, 5.74) is 3.40. The molecule has 4 aromatic rings. The monoisotopic (exact) mass is 538 g/mol. The van der Waals surface area contributed by atoms with Crippen LogP contribution in [-0.4, -0.2) is 34.7 Å². The third kappa shape index (κ3) is 6.17. The first-order valence-corrected chi connectivity index (χ1v) is 14.1. The van der Waals surface area contributed by atoms with E-state index in [1.54, 1.807) is 26.0 Å². The second-order valence-electron chi connectivity index (χ2n) is 9.76. The maximum Gasteiger partial charge on any atom is 0.328 e. The number of hydrogen-bond donors (Lipinski definition) is 0. The van der Waals surface area contributed by atoms with Gasteiger partial charge in [-0.1, -0.05) is 104 Å². The van der Waals surface area contributed by atoms with Crippen molar-refractivity contribution in [3.63, 3.8) is 0 Å². The van der Waals surface area contributed by atoms with E-state index in [9.17, 15) is 9.59 Å². The third-order valence-electron chi connectivity index (χ3n) is 7.20. The van der Waals surface area contributed by atoms with Crippen LogP contribution < -0.4 is 0 Å². The lowest BCUT2D eigenvalue weighted by Crippen LogP contribution is -2.46. The van der Waals surface area contributed by atoms with Crippen molar-refractivity contribution in [2.45, 2.75) is 58.4 Å². The van der Waals surface area contributed by atoms with Crippen molar-refractivity contribution in [2.75, 3.05) is 13.2 Å². The molecule has 0 fully saturated rings. The SMILES string of the molecule is CCOC(=O)C(CCCCCn1c(C)nc(-c2ccccc2)c1-c1ccccc1)(C(=O)OCC)c1ccccc1. The number of ether oxygens (including phenoxy) is 2. The number of hydrogen-bond acceptors (Lipinski definition) is 5. The van der Waals surface area contributed by atoms with E-state index in [-0.39, 0.29) is 13.2 Å². The summed E-state index contributed by atoms with van der Waals surface area (Å²) in [4.78, 5) is 31.6. The lowest BCUT2D eigenvalue weighted by atomic mass is 9.76. The molecular weight excluding hydrogens is 500 g/mol. The Morgan fingerprint density at radius 1 is 0.725 bits per heavy atom. The normalized spacial score (nSPS) is 11.3. The van der Waals surface area contributed by atoms with Crippen molar-refractivity contribution in [1.29, 1.82) is 0 Å². The molecule has 1 heterocycles. The van der Waals surface area contributed by atoms with Crippen LogP contribution in [0, 0.1) is 6.92 Å². The van der Waals surface area contributed by atoms with Crippen LogP contribution in [0.1, 0.15) is 50.9 Å². The van der Waals surface area contributed by atoms with Gasteiger partial charge in [0, 0.05) is 17.7 Å². The van der Waals surface area contributed by atoms with Gasteiger partial charge in [-0.25, -0.2) is 4.98 Å². The number of rotatable bonds is 13. The maximum atomic E-state index is 13.3. The van der Waals surface area contributed by atoms with Gasteiger partial charge >= 0.3 is 11.9 Å². The van der Waals surface area contributed by atoms with Gasteiger partial charge in [-0.2, -0.15) is 0 Å². The fourth-order valence-electron chi connectivity index (χ4n) is 5.26. The van der Waals surface area contributed by atoms with E-state index in [2.05, 4.69) is 28.8 Å². The quantitative estimate of drug-likeness (QED) is 0.103. The molecule has 208 valence electrons. The molecule has 40 heavy (non-hydrogen) atoms. The molecule has 0 aliphatic heterocycles. The molecule has 6 heteroatoms. The summed E-state index contributed by atoms with van der Waals surface area (Å²) in [7, 11) is 0. The zero-order chi connectivity index (χ0) is 28.4. The molecule has 0 amide bonds. The number of esters is 2. The Kier molecular flexibility index (Phi) is 9.90. The highest BCUT2D eigenvalue weighted by atomic mass is 16.6. The van der Waals surface area contributed by atoms with Gasteiger partial charge in [0.2, 0.25) is 0 Å². The van der Waals surface area contributed by atoms with Crippen molar-refractivity contribution >= 4 is 11.9 Å². The molecule has 0 bridgehead atoms. The first kappa shape index (κ1) is 28.8. The van der Waals surface area contributed by atoms with E-state index in [0.29, 0.717) is 18.4 Å². The lowest BCUT2D eigenvalue weighted by Gasteiger charge is -2.29. The Morgan fingerprint density at radius 3 is 1.80 bits per heavy atom. The Balaban J connectivity index is 1.55. The van der Waals surface area contributed by atoms with Crippen LogP contribution >= 0.6 is 0 Å². The van der Waals surface area contributed by atoms with E-state index in [4.69, 9.17) is 14.5 Å². The first-order chi connectivity index (χ1) is 19.5. The fourth-order valence-corrected chi connectivity index (χ4v) is 5.26. The van der Waals surface area contributed by atoms with Crippen molar-refractivity contribution in [3.8, 4) is 22.5 Å². The highest BCUT2D eigenvalue weighted by Gasteiger charge is 2.49. The molecule has 0 aliphatic carbocycles. The van der Waals surface area contributed by atoms with Crippen molar-refractivity contribution < 1.29 is 19.1 Å². The van der Waals surface area contributed by atoms with Crippen LogP contribution in [0.2, 0.25) is 0 Å². The number of aryl methyl sites for hydroxylation is 1. The summed E-state index contributed by atoms with van der Waals surface area (Å²) in [6.45, 7) is 6.70. The Hall–Kier alpha value is -4.19. The lowest BCUT2D eigenvalue weighted by molar-refractivity contribution is -0.165. The number of benzene rings is 3. The molecule has 1 aromatic heterocycles. The minimum absolute atomic E-state index is 0.193. The van der Waals surface area contributed by atoms with Gasteiger partial charge < -0.3 is 14.0 Å². The van der Waals surface area contributed by atoms with Crippen LogP contribution in [0.15, 0.2) is 91.0 Å². The topological polar surface area (TPSA) is 70.4 Å². The molecule has 4 rings (SSSR count). The van der Waals surface area contributed by atoms with Crippen molar-refractivity contribution in [2.24, 2.45) is 0 Å². The first-order valence-electron chi connectivity index (χ1n) is 14.1. The van der Waals surface area contributed by atoms with E-state index < -0.39 is 17.4 Å². The highest BCUT2D eigenvalue weighted by molar-refractivity contribution is 6.06. The van der Waals surface area contributed by atoms with Gasteiger partial charge in [-0.3, -0.25) is 9.59 Å². The summed E-state index contributed by atoms with van der Waals surface area (Å²) in [6.07, 6.45) is 2.66. The molecule has 0 radical (unpaired) electrons. The molecule has 0 saturated carbocycles. The van der Waals surface area contributed by atoms with Gasteiger partial charge in [-0.15, -0.1) is 0 Å². The summed E-state index contributed by atoms with van der Waals surface area (Å²) in [5.74, 6) is -0.151. The molecule has 0 saturated heterocycles.